The SMILES string of the molecule is CCN(CC1CCCCN1)C1CCOC1=O. The highest BCUT2D eigenvalue weighted by Crippen LogP contribution is 2.16. The van der Waals surface area contributed by atoms with Gasteiger partial charge in [-0.2, -0.15) is 0 Å². The summed E-state index contributed by atoms with van der Waals surface area (Å²) in [5.41, 5.74) is 0. The molecule has 1 N–H and O–H groups in total. The smallest absolute Gasteiger partial charge is 0.323 e. The van der Waals surface area contributed by atoms with E-state index in [1.165, 1.54) is 19.3 Å². The van der Waals surface area contributed by atoms with Gasteiger partial charge in [-0.15, -0.1) is 0 Å². The van der Waals surface area contributed by atoms with Crippen LogP contribution in [-0.4, -0.2) is 49.2 Å². The van der Waals surface area contributed by atoms with Gasteiger partial charge >= 0.3 is 5.97 Å². The van der Waals surface area contributed by atoms with Crippen LogP contribution in [0.2, 0.25) is 0 Å². The summed E-state index contributed by atoms with van der Waals surface area (Å²) in [7, 11) is 0. The Bertz CT molecular complexity index is 239. The zero-order valence-electron chi connectivity index (χ0n) is 10.1. The van der Waals surface area contributed by atoms with E-state index in [1.807, 2.05) is 0 Å². The van der Waals surface area contributed by atoms with Crippen LogP contribution in [-0.2, 0) is 9.53 Å². The first kappa shape index (κ1) is 11.9. The van der Waals surface area contributed by atoms with Crippen molar-refractivity contribution in [1.29, 1.82) is 0 Å². The van der Waals surface area contributed by atoms with E-state index in [1.54, 1.807) is 0 Å². The molecule has 0 aromatic carbocycles. The third-order valence-corrected chi connectivity index (χ3v) is 3.62. The Kier molecular flexibility index (Phi) is 4.18. The van der Waals surface area contributed by atoms with Crippen molar-refractivity contribution in [2.24, 2.45) is 0 Å². The van der Waals surface area contributed by atoms with E-state index in [4.69, 9.17) is 4.74 Å². The maximum Gasteiger partial charge on any atom is 0.323 e. The molecule has 0 aromatic heterocycles. The molecule has 0 bridgehead atoms. The summed E-state index contributed by atoms with van der Waals surface area (Å²) in [5.74, 6) is -0.0299. The highest BCUT2D eigenvalue weighted by Gasteiger charge is 2.32. The van der Waals surface area contributed by atoms with E-state index in [2.05, 4.69) is 17.1 Å². The molecule has 0 spiro atoms. The number of rotatable bonds is 4. The Morgan fingerprint density at radius 2 is 2.31 bits per heavy atom. The van der Waals surface area contributed by atoms with Crippen LogP contribution in [0.3, 0.4) is 0 Å². The third-order valence-electron chi connectivity index (χ3n) is 3.62. The second-order valence-corrected chi connectivity index (χ2v) is 4.71. The van der Waals surface area contributed by atoms with E-state index in [0.29, 0.717) is 12.6 Å². The number of likely N-dealkylation sites (N-methyl/N-ethyl adjacent to an activating group) is 1. The van der Waals surface area contributed by atoms with Crippen molar-refractivity contribution in [3.63, 3.8) is 0 Å². The topological polar surface area (TPSA) is 41.6 Å². The highest BCUT2D eigenvalue weighted by atomic mass is 16.5. The van der Waals surface area contributed by atoms with Crippen LogP contribution in [0.1, 0.15) is 32.6 Å². The second-order valence-electron chi connectivity index (χ2n) is 4.71. The summed E-state index contributed by atoms with van der Waals surface area (Å²) >= 11 is 0. The summed E-state index contributed by atoms with van der Waals surface area (Å²) in [6.45, 7) is 5.75. The molecule has 2 rings (SSSR count). The lowest BCUT2D eigenvalue weighted by Crippen LogP contribution is -2.48. The van der Waals surface area contributed by atoms with E-state index >= 15 is 0 Å². The van der Waals surface area contributed by atoms with Crippen LogP contribution in [0.5, 0.6) is 0 Å². The third kappa shape index (κ3) is 2.74. The number of carbonyl (C=O) groups is 1. The fourth-order valence-corrected chi connectivity index (χ4v) is 2.66. The Balaban J connectivity index is 1.86. The first-order valence-electron chi connectivity index (χ1n) is 6.45. The summed E-state index contributed by atoms with van der Waals surface area (Å²) in [5, 5.41) is 3.53. The van der Waals surface area contributed by atoms with Gasteiger partial charge in [0.2, 0.25) is 0 Å². The number of carbonyl (C=O) groups excluding carboxylic acids is 1. The Morgan fingerprint density at radius 3 is 2.88 bits per heavy atom. The van der Waals surface area contributed by atoms with Gasteiger partial charge < -0.3 is 10.1 Å². The lowest BCUT2D eigenvalue weighted by atomic mass is 10.0. The minimum absolute atomic E-state index is 0.00808. The first-order chi connectivity index (χ1) is 7.81. The molecule has 2 unspecified atom stereocenters. The Morgan fingerprint density at radius 1 is 1.44 bits per heavy atom. The molecule has 4 heteroatoms. The lowest BCUT2D eigenvalue weighted by Gasteiger charge is -2.31. The summed E-state index contributed by atoms with van der Waals surface area (Å²) in [6, 6.07) is 0.566. The average Bonchev–Trinajstić information content (AvgIpc) is 2.74. The second kappa shape index (κ2) is 5.64. The molecule has 2 fully saturated rings. The van der Waals surface area contributed by atoms with E-state index in [0.717, 1.165) is 26.1 Å². The molecule has 0 aromatic rings. The maximum absolute atomic E-state index is 11.5. The number of esters is 1. The zero-order valence-corrected chi connectivity index (χ0v) is 10.1. The quantitative estimate of drug-likeness (QED) is 0.719. The highest BCUT2D eigenvalue weighted by molar-refractivity contribution is 5.77. The molecular weight excluding hydrogens is 204 g/mol. The van der Waals surface area contributed by atoms with Crippen molar-refractivity contribution in [1.82, 2.24) is 10.2 Å². The average molecular weight is 226 g/mol. The van der Waals surface area contributed by atoms with Crippen LogP contribution in [0.4, 0.5) is 0 Å². The fourth-order valence-electron chi connectivity index (χ4n) is 2.66. The van der Waals surface area contributed by atoms with E-state index in [9.17, 15) is 4.79 Å². The molecule has 2 saturated heterocycles. The molecule has 0 amide bonds. The Hall–Kier alpha value is -0.610. The van der Waals surface area contributed by atoms with Crippen molar-refractivity contribution < 1.29 is 9.53 Å². The first-order valence-corrected chi connectivity index (χ1v) is 6.45. The normalized spacial score (nSPS) is 30.8. The van der Waals surface area contributed by atoms with Gasteiger partial charge in [0.15, 0.2) is 0 Å². The molecule has 16 heavy (non-hydrogen) atoms. The molecule has 0 radical (unpaired) electrons. The number of nitrogens with zero attached hydrogens (tertiary/aromatic N) is 1. The molecule has 4 nitrogen and oxygen atoms in total. The molecule has 2 heterocycles. The van der Waals surface area contributed by atoms with Crippen molar-refractivity contribution in [3.05, 3.63) is 0 Å². The van der Waals surface area contributed by atoms with Crippen LogP contribution >= 0.6 is 0 Å². The van der Waals surface area contributed by atoms with E-state index < -0.39 is 0 Å². The summed E-state index contributed by atoms with van der Waals surface area (Å²) in [4.78, 5) is 13.8. The van der Waals surface area contributed by atoms with Gasteiger partial charge in [0.25, 0.3) is 0 Å². The van der Waals surface area contributed by atoms with Gasteiger partial charge in [0, 0.05) is 19.0 Å². The van der Waals surface area contributed by atoms with E-state index in [-0.39, 0.29) is 12.0 Å². The van der Waals surface area contributed by atoms with Gasteiger partial charge in [-0.3, -0.25) is 9.69 Å². The molecule has 2 aliphatic rings. The zero-order chi connectivity index (χ0) is 11.4. The number of cyclic esters (lactones) is 1. The van der Waals surface area contributed by atoms with Gasteiger partial charge in [0.05, 0.1) is 6.61 Å². The molecule has 92 valence electrons. The number of hydrogen-bond donors (Lipinski definition) is 1. The van der Waals surface area contributed by atoms with Crippen LogP contribution in [0.15, 0.2) is 0 Å². The number of nitrogens with one attached hydrogen (secondary N) is 1. The molecular formula is C12H22N2O2. The van der Waals surface area contributed by atoms with Gasteiger partial charge in [0.1, 0.15) is 6.04 Å². The summed E-state index contributed by atoms with van der Waals surface area (Å²) in [6.07, 6.45) is 4.69. The van der Waals surface area contributed by atoms with Gasteiger partial charge in [-0.25, -0.2) is 0 Å². The minimum Gasteiger partial charge on any atom is -0.464 e. The van der Waals surface area contributed by atoms with Crippen molar-refractivity contribution in [3.8, 4) is 0 Å². The maximum atomic E-state index is 11.5. The number of ether oxygens (including phenoxy) is 1. The fraction of sp³-hybridized carbons (Fsp3) is 0.917. The monoisotopic (exact) mass is 226 g/mol. The molecule has 0 aliphatic carbocycles. The molecule has 0 saturated carbocycles. The Labute approximate surface area is 97.3 Å². The summed E-state index contributed by atoms with van der Waals surface area (Å²) < 4.78 is 5.04. The number of piperidine rings is 1. The van der Waals surface area contributed by atoms with Crippen LogP contribution in [0.25, 0.3) is 0 Å². The van der Waals surface area contributed by atoms with Crippen LogP contribution in [0, 0.1) is 0 Å². The van der Waals surface area contributed by atoms with Crippen molar-refractivity contribution in [2.45, 2.75) is 44.7 Å². The predicted octanol–water partition coefficient (Wildman–Crippen LogP) is 0.766. The molecule has 2 aliphatic heterocycles. The standard InChI is InChI=1S/C12H22N2O2/c1-2-14(11-6-8-16-12(11)15)9-10-5-3-4-7-13-10/h10-11,13H,2-9H2,1H3. The minimum atomic E-state index is -0.0299. The molecule has 2 atom stereocenters. The lowest BCUT2D eigenvalue weighted by molar-refractivity contribution is -0.142. The van der Waals surface area contributed by atoms with Crippen LogP contribution < -0.4 is 5.32 Å². The van der Waals surface area contributed by atoms with Crippen molar-refractivity contribution in [2.75, 3.05) is 26.2 Å². The van der Waals surface area contributed by atoms with Crippen molar-refractivity contribution >= 4 is 5.97 Å². The largest absolute Gasteiger partial charge is 0.464 e. The van der Waals surface area contributed by atoms with Gasteiger partial charge in [-0.1, -0.05) is 13.3 Å². The predicted molar refractivity (Wildman–Crippen MR) is 62.3 cm³/mol. The van der Waals surface area contributed by atoms with Gasteiger partial charge in [-0.05, 0) is 25.9 Å². The number of hydrogen-bond acceptors (Lipinski definition) is 4.